The van der Waals surface area contributed by atoms with Crippen molar-refractivity contribution in [1.29, 1.82) is 0 Å². The summed E-state index contributed by atoms with van der Waals surface area (Å²) in [5, 5.41) is 11.7. The summed E-state index contributed by atoms with van der Waals surface area (Å²) in [6, 6.07) is 15.9. The maximum Gasteiger partial charge on any atom is 0.328 e. The first-order valence-corrected chi connectivity index (χ1v) is 5.98. The Morgan fingerprint density at radius 1 is 1.11 bits per heavy atom. The van der Waals surface area contributed by atoms with Crippen LogP contribution in [0.3, 0.4) is 0 Å². The topological polar surface area (TPSA) is 49.3 Å². The zero-order valence-electron chi connectivity index (χ0n) is 10.6. The Morgan fingerprint density at radius 2 is 1.84 bits per heavy atom. The Morgan fingerprint density at radius 3 is 2.47 bits per heavy atom. The zero-order chi connectivity index (χ0) is 13.7. The number of carboxylic acids is 1. The first-order valence-electron chi connectivity index (χ1n) is 5.98. The lowest BCUT2D eigenvalue weighted by molar-refractivity contribution is -0.131. The molecule has 0 heterocycles. The highest BCUT2D eigenvalue weighted by atomic mass is 16.4. The van der Waals surface area contributed by atoms with Gasteiger partial charge >= 0.3 is 5.97 Å². The van der Waals surface area contributed by atoms with Crippen LogP contribution in [0.15, 0.2) is 54.6 Å². The monoisotopic (exact) mass is 253 g/mol. The van der Waals surface area contributed by atoms with Crippen molar-refractivity contribution in [1.82, 2.24) is 0 Å². The number of carbonyl (C=O) groups is 1. The van der Waals surface area contributed by atoms with E-state index in [-0.39, 0.29) is 0 Å². The second kappa shape index (κ2) is 5.87. The molecule has 3 nitrogen and oxygen atoms in total. The lowest BCUT2D eigenvalue weighted by Crippen LogP contribution is -1.88. The molecule has 0 aromatic heterocycles. The Hall–Kier alpha value is -2.55. The van der Waals surface area contributed by atoms with Crippen LogP contribution < -0.4 is 5.32 Å². The van der Waals surface area contributed by atoms with Gasteiger partial charge in [0.05, 0.1) is 0 Å². The summed E-state index contributed by atoms with van der Waals surface area (Å²) in [5.41, 5.74) is 4.16. The van der Waals surface area contributed by atoms with Crippen LogP contribution in [0.5, 0.6) is 0 Å². The Kier molecular flexibility index (Phi) is 3.98. The largest absolute Gasteiger partial charge is 0.478 e. The van der Waals surface area contributed by atoms with Gasteiger partial charge in [0, 0.05) is 18.8 Å². The highest BCUT2D eigenvalue weighted by molar-refractivity contribution is 5.85. The van der Waals surface area contributed by atoms with E-state index in [0.29, 0.717) is 0 Å². The fourth-order valence-electron chi connectivity index (χ4n) is 1.81. The molecule has 2 aromatic rings. The second-order valence-corrected chi connectivity index (χ2v) is 4.12. The minimum atomic E-state index is -0.939. The van der Waals surface area contributed by atoms with E-state index >= 15 is 0 Å². The summed E-state index contributed by atoms with van der Waals surface area (Å²) in [5.74, 6) is -0.939. The van der Waals surface area contributed by atoms with Gasteiger partial charge in [0.15, 0.2) is 0 Å². The molecule has 2 rings (SSSR count). The third-order valence-corrected chi connectivity index (χ3v) is 2.81. The van der Waals surface area contributed by atoms with Crippen molar-refractivity contribution < 1.29 is 9.90 Å². The highest BCUT2D eigenvalue weighted by Crippen LogP contribution is 2.23. The van der Waals surface area contributed by atoms with Crippen molar-refractivity contribution in [2.75, 3.05) is 12.4 Å². The minimum absolute atomic E-state index is 0.871. The van der Waals surface area contributed by atoms with E-state index < -0.39 is 5.97 Å². The Bertz CT molecular complexity index is 600. The first-order chi connectivity index (χ1) is 9.19. The van der Waals surface area contributed by atoms with E-state index in [9.17, 15) is 4.79 Å². The molecule has 0 aliphatic heterocycles. The number of benzene rings is 2. The molecule has 96 valence electrons. The summed E-state index contributed by atoms with van der Waals surface area (Å²) < 4.78 is 0. The van der Waals surface area contributed by atoms with Gasteiger partial charge in [-0.2, -0.15) is 0 Å². The SMILES string of the molecule is CNc1cccc(-c2ccc(/C=C/C(=O)O)cc2)c1. The first kappa shape index (κ1) is 12.9. The van der Waals surface area contributed by atoms with E-state index in [0.717, 1.165) is 28.5 Å². The van der Waals surface area contributed by atoms with Crippen LogP contribution in [-0.4, -0.2) is 18.1 Å². The smallest absolute Gasteiger partial charge is 0.328 e. The number of nitrogens with one attached hydrogen (secondary N) is 1. The number of hydrogen-bond acceptors (Lipinski definition) is 2. The van der Waals surface area contributed by atoms with E-state index in [1.54, 1.807) is 6.08 Å². The second-order valence-electron chi connectivity index (χ2n) is 4.12. The highest BCUT2D eigenvalue weighted by Gasteiger charge is 1.98. The van der Waals surface area contributed by atoms with Crippen molar-refractivity contribution in [2.24, 2.45) is 0 Å². The molecule has 3 heteroatoms. The van der Waals surface area contributed by atoms with Crippen LogP contribution in [0.1, 0.15) is 5.56 Å². The van der Waals surface area contributed by atoms with Gasteiger partial charge in [0.1, 0.15) is 0 Å². The average Bonchev–Trinajstić information content (AvgIpc) is 2.45. The predicted octanol–water partition coefficient (Wildman–Crippen LogP) is 3.49. The molecular weight excluding hydrogens is 238 g/mol. The Balaban J connectivity index is 2.24. The van der Waals surface area contributed by atoms with Gasteiger partial charge in [-0.1, -0.05) is 36.4 Å². The van der Waals surface area contributed by atoms with Crippen molar-refractivity contribution in [2.45, 2.75) is 0 Å². The molecular formula is C16H15NO2. The predicted molar refractivity (Wildman–Crippen MR) is 78.1 cm³/mol. The molecule has 0 fully saturated rings. The molecule has 0 aliphatic rings. The lowest BCUT2D eigenvalue weighted by atomic mass is 10.0. The maximum atomic E-state index is 10.4. The molecule has 0 bridgehead atoms. The van der Waals surface area contributed by atoms with Crippen LogP contribution in [-0.2, 0) is 4.79 Å². The van der Waals surface area contributed by atoms with E-state index in [2.05, 4.69) is 11.4 Å². The van der Waals surface area contributed by atoms with Gasteiger partial charge in [-0.15, -0.1) is 0 Å². The number of anilines is 1. The van der Waals surface area contributed by atoms with Crippen LogP contribution in [0.2, 0.25) is 0 Å². The van der Waals surface area contributed by atoms with Crippen molar-refractivity contribution >= 4 is 17.7 Å². The quantitative estimate of drug-likeness (QED) is 0.820. The van der Waals surface area contributed by atoms with Crippen molar-refractivity contribution in [3.8, 4) is 11.1 Å². The normalized spacial score (nSPS) is 10.6. The van der Waals surface area contributed by atoms with Gasteiger partial charge in [-0.3, -0.25) is 0 Å². The molecule has 0 saturated heterocycles. The average molecular weight is 253 g/mol. The summed E-state index contributed by atoms with van der Waals surface area (Å²) in [6.45, 7) is 0. The van der Waals surface area contributed by atoms with Gasteiger partial charge in [0.2, 0.25) is 0 Å². The molecule has 0 unspecified atom stereocenters. The van der Waals surface area contributed by atoms with Gasteiger partial charge in [0.25, 0.3) is 0 Å². The van der Waals surface area contributed by atoms with Gasteiger partial charge < -0.3 is 10.4 Å². The van der Waals surface area contributed by atoms with Gasteiger partial charge in [-0.05, 0) is 34.9 Å². The van der Waals surface area contributed by atoms with Crippen LogP contribution in [0.4, 0.5) is 5.69 Å². The fourth-order valence-corrected chi connectivity index (χ4v) is 1.81. The molecule has 0 aliphatic carbocycles. The summed E-state index contributed by atoms with van der Waals surface area (Å²) in [7, 11) is 1.89. The third-order valence-electron chi connectivity index (χ3n) is 2.81. The lowest BCUT2D eigenvalue weighted by Gasteiger charge is -2.05. The molecule has 2 N–H and O–H groups in total. The van der Waals surface area contributed by atoms with Crippen molar-refractivity contribution in [3.05, 3.63) is 60.2 Å². The summed E-state index contributed by atoms with van der Waals surface area (Å²) in [4.78, 5) is 10.4. The molecule has 0 spiro atoms. The number of hydrogen-bond donors (Lipinski definition) is 2. The standard InChI is InChI=1S/C16H15NO2/c1-17-15-4-2-3-14(11-15)13-8-5-12(6-9-13)7-10-16(18)19/h2-11,17H,1H3,(H,18,19)/b10-7+. The van der Waals surface area contributed by atoms with E-state index in [1.165, 1.54) is 0 Å². The summed E-state index contributed by atoms with van der Waals surface area (Å²) >= 11 is 0. The zero-order valence-corrected chi connectivity index (χ0v) is 10.6. The van der Waals surface area contributed by atoms with Crippen molar-refractivity contribution in [3.63, 3.8) is 0 Å². The van der Waals surface area contributed by atoms with Crippen LogP contribution in [0, 0.1) is 0 Å². The number of aliphatic carboxylic acids is 1. The Labute approximate surface area is 112 Å². The number of rotatable bonds is 4. The minimum Gasteiger partial charge on any atom is -0.478 e. The van der Waals surface area contributed by atoms with E-state index in [4.69, 9.17) is 5.11 Å². The molecule has 0 saturated carbocycles. The number of carboxylic acid groups (broad SMARTS) is 1. The maximum absolute atomic E-state index is 10.4. The molecule has 0 amide bonds. The molecule has 2 aromatic carbocycles. The summed E-state index contributed by atoms with van der Waals surface area (Å²) in [6.07, 6.45) is 2.72. The molecule has 19 heavy (non-hydrogen) atoms. The van der Waals surface area contributed by atoms with Crippen LogP contribution in [0.25, 0.3) is 17.2 Å². The third kappa shape index (κ3) is 3.45. The van der Waals surface area contributed by atoms with Crippen LogP contribution >= 0.6 is 0 Å². The molecule has 0 radical (unpaired) electrons. The fraction of sp³-hybridized carbons (Fsp3) is 0.0625. The van der Waals surface area contributed by atoms with E-state index in [1.807, 2.05) is 49.5 Å². The molecule has 0 atom stereocenters. The van der Waals surface area contributed by atoms with Gasteiger partial charge in [-0.25, -0.2) is 4.79 Å².